The molecule has 104 valence electrons. The van der Waals surface area contributed by atoms with Crippen LogP contribution in [0.25, 0.3) is 0 Å². The van der Waals surface area contributed by atoms with Crippen LogP contribution < -0.4 is 4.72 Å². The maximum atomic E-state index is 12.5. The molecule has 0 rings (SSSR count). The Morgan fingerprint density at radius 1 is 1.18 bits per heavy atom. The Kier molecular flexibility index (Phi) is 6.16. The van der Waals surface area contributed by atoms with Crippen molar-refractivity contribution in [2.45, 2.75) is 57.0 Å². The van der Waals surface area contributed by atoms with E-state index in [4.69, 9.17) is 0 Å². The second-order valence-corrected chi connectivity index (χ2v) is 6.59. The van der Waals surface area contributed by atoms with E-state index in [-0.39, 0.29) is 0 Å². The van der Waals surface area contributed by atoms with Crippen molar-refractivity contribution in [3.05, 3.63) is 0 Å². The van der Waals surface area contributed by atoms with Crippen LogP contribution in [-0.2, 0) is 11.4 Å². The number of halogens is 5. The molecule has 2 atom stereocenters. The van der Waals surface area contributed by atoms with Crippen molar-refractivity contribution >= 4 is 11.4 Å². The number of hydrogen-bond acceptors (Lipinski definition) is 2. The fraction of sp³-hybridized carbons (Fsp3) is 1.00. The lowest BCUT2D eigenvalue weighted by Gasteiger charge is -2.27. The largest absolute Gasteiger partial charge is 0.598 e. The van der Waals surface area contributed by atoms with Crippen molar-refractivity contribution in [3.63, 3.8) is 0 Å². The summed E-state index contributed by atoms with van der Waals surface area (Å²) in [6.07, 6.45) is -9.58. The first-order chi connectivity index (χ1) is 7.43. The molecule has 0 aromatic carbocycles. The summed E-state index contributed by atoms with van der Waals surface area (Å²) in [5, 5.41) is 0. The smallest absolute Gasteiger partial charge is 0.389 e. The Morgan fingerprint density at radius 2 is 1.65 bits per heavy atom. The van der Waals surface area contributed by atoms with Crippen LogP contribution in [0.15, 0.2) is 0 Å². The Bertz CT molecular complexity index is 228. The molecule has 0 aliphatic carbocycles. The second kappa shape index (κ2) is 6.19. The standard InChI is InChI=1S/C9H16F5NOS/c1-8(2,3)17(16)15-6(7(10)11)4-5-9(12,13)14/h6-7,15H,4-5H2,1-3H3/t6-,17+/m0/s1. The van der Waals surface area contributed by atoms with Gasteiger partial charge in [0.2, 0.25) is 0 Å². The highest BCUT2D eigenvalue weighted by Crippen LogP contribution is 2.25. The highest BCUT2D eigenvalue weighted by Gasteiger charge is 2.36. The summed E-state index contributed by atoms with van der Waals surface area (Å²) in [4.78, 5) is 0. The fourth-order valence-electron chi connectivity index (χ4n) is 0.870. The van der Waals surface area contributed by atoms with E-state index in [1.165, 1.54) is 0 Å². The maximum Gasteiger partial charge on any atom is 0.389 e. The Hall–Kier alpha value is -0.0800. The minimum Gasteiger partial charge on any atom is -0.598 e. The number of hydrogen-bond donors (Lipinski definition) is 1. The summed E-state index contributed by atoms with van der Waals surface area (Å²) in [5.41, 5.74) is 0. The first kappa shape index (κ1) is 16.9. The molecular weight excluding hydrogens is 265 g/mol. The summed E-state index contributed by atoms with van der Waals surface area (Å²) >= 11 is -1.81. The van der Waals surface area contributed by atoms with Gasteiger partial charge in [-0.25, -0.2) is 8.78 Å². The van der Waals surface area contributed by atoms with Crippen molar-refractivity contribution in [3.8, 4) is 0 Å². The normalized spacial score (nSPS) is 17.3. The lowest BCUT2D eigenvalue weighted by molar-refractivity contribution is -0.138. The summed E-state index contributed by atoms with van der Waals surface area (Å²) in [6, 6.07) is -1.71. The molecule has 0 spiro atoms. The Balaban J connectivity index is 4.36. The van der Waals surface area contributed by atoms with Crippen molar-refractivity contribution in [1.29, 1.82) is 0 Å². The van der Waals surface area contributed by atoms with Gasteiger partial charge < -0.3 is 4.55 Å². The molecule has 0 fully saturated rings. The van der Waals surface area contributed by atoms with Crippen molar-refractivity contribution in [2.75, 3.05) is 0 Å². The van der Waals surface area contributed by atoms with Gasteiger partial charge in [-0.15, -0.1) is 4.72 Å². The van der Waals surface area contributed by atoms with E-state index in [9.17, 15) is 26.5 Å². The lowest BCUT2D eigenvalue weighted by Crippen LogP contribution is -2.47. The molecule has 0 aromatic rings. The molecule has 0 heterocycles. The van der Waals surface area contributed by atoms with Gasteiger partial charge in [-0.2, -0.15) is 13.2 Å². The molecule has 0 saturated carbocycles. The van der Waals surface area contributed by atoms with Crippen LogP contribution in [0.4, 0.5) is 22.0 Å². The molecule has 0 aromatic heterocycles. The molecular formula is C9H16F5NOS. The summed E-state index contributed by atoms with van der Waals surface area (Å²) in [7, 11) is 0. The third-order valence-corrected chi connectivity index (χ3v) is 3.49. The van der Waals surface area contributed by atoms with E-state index in [1.54, 1.807) is 20.8 Å². The zero-order valence-corrected chi connectivity index (χ0v) is 10.6. The molecule has 2 nitrogen and oxygen atoms in total. The highest BCUT2D eigenvalue weighted by atomic mass is 32.2. The SMILES string of the molecule is CC(C)(C)[S@@+]([O-])N[C@@H](CCC(F)(F)F)C(F)F. The van der Waals surface area contributed by atoms with E-state index >= 15 is 0 Å². The van der Waals surface area contributed by atoms with Crippen LogP contribution in [0.5, 0.6) is 0 Å². The number of alkyl halides is 5. The number of rotatable bonds is 5. The van der Waals surface area contributed by atoms with Gasteiger partial charge in [0, 0.05) is 17.8 Å². The Morgan fingerprint density at radius 3 is 1.94 bits per heavy atom. The molecule has 17 heavy (non-hydrogen) atoms. The summed E-state index contributed by atoms with van der Waals surface area (Å²) in [6.45, 7) is 4.63. The van der Waals surface area contributed by atoms with Crippen LogP contribution in [0, 0.1) is 0 Å². The molecule has 0 aliphatic rings. The van der Waals surface area contributed by atoms with Crippen molar-refractivity contribution in [2.24, 2.45) is 0 Å². The maximum absolute atomic E-state index is 12.5. The minimum absolute atomic E-state index is 0.789. The summed E-state index contributed by atoms with van der Waals surface area (Å²) in [5.74, 6) is 0. The molecule has 0 bridgehead atoms. The van der Waals surface area contributed by atoms with Gasteiger partial charge in [-0.3, -0.25) is 0 Å². The first-order valence-electron chi connectivity index (χ1n) is 4.96. The first-order valence-corrected chi connectivity index (χ1v) is 6.11. The molecule has 0 aliphatic heterocycles. The third kappa shape index (κ3) is 7.77. The van der Waals surface area contributed by atoms with Gasteiger partial charge in [0.15, 0.2) is 0 Å². The summed E-state index contributed by atoms with van der Waals surface area (Å²) < 4.78 is 73.4. The fourth-order valence-corrected chi connectivity index (χ4v) is 1.72. The van der Waals surface area contributed by atoms with Gasteiger partial charge in [-0.05, 0) is 27.2 Å². The van der Waals surface area contributed by atoms with Crippen LogP contribution in [0.2, 0.25) is 0 Å². The van der Waals surface area contributed by atoms with Crippen molar-refractivity contribution < 1.29 is 26.5 Å². The van der Waals surface area contributed by atoms with E-state index in [2.05, 4.69) is 4.72 Å². The average Bonchev–Trinajstić information content (AvgIpc) is 2.07. The molecule has 8 heteroatoms. The molecule has 1 N–H and O–H groups in total. The van der Waals surface area contributed by atoms with E-state index in [0.717, 1.165) is 0 Å². The van der Waals surface area contributed by atoms with Crippen LogP contribution in [0.3, 0.4) is 0 Å². The van der Waals surface area contributed by atoms with Gasteiger partial charge >= 0.3 is 6.18 Å². The zero-order chi connectivity index (χ0) is 13.9. The molecule has 0 amide bonds. The minimum atomic E-state index is -4.49. The van der Waals surface area contributed by atoms with E-state index < -0.39 is 47.6 Å². The topological polar surface area (TPSA) is 35.1 Å². The van der Waals surface area contributed by atoms with Gasteiger partial charge in [0.05, 0.1) is 0 Å². The zero-order valence-electron chi connectivity index (χ0n) is 9.78. The second-order valence-electron chi connectivity index (χ2n) is 4.59. The van der Waals surface area contributed by atoms with E-state index in [1.807, 2.05) is 0 Å². The molecule has 0 unspecified atom stereocenters. The van der Waals surface area contributed by atoms with E-state index in [0.29, 0.717) is 0 Å². The van der Waals surface area contributed by atoms with Gasteiger partial charge in [-0.1, -0.05) is 0 Å². The predicted octanol–water partition coefficient (Wildman–Crippen LogP) is 3.01. The van der Waals surface area contributed by atoms with Crippen LogP contribution in [0.1, 0.15) is 33.6 Å². The van der Waals surface area contributed by atoms with Crippen LogP contribution in [-0.4, -0.2) is 27.9 Å². The third-order valence-electron chi connectivity index (χ3n) is 1.86. The number of nitrogens with one attached hydrogen (secondary N) is 1. The van der Waals surface area contributed by atoms with Crippen molar-refractivity contribution in [1.82, 2.24) is 4.72 Å². The molecule has 0 radical (unpaired) electrons. The molecule has 0 saturated heterocycles. The van der Waals surface area contributed by atoms with Gasteiger partial charge in [0.1, 0.15) is 10.8 Å². The predicted molar refractivity (Wildman–Crippen MR) is 56.1 cm³/mol. The Labute approximate surface area is 100 Å². The van der Waals surface area contributed by atoms with Crippen LogP contribution >= 0.6 is 0 Å². The van der Waals surface area contributed by atoms with Gasteiger partial charge in [0.25, 0.3) is 6.43 Å². The lowest BCUT2D eigenvalue weighted by atomic mass is 10.2. The average molecular weight is 281 g/mol. The highest BCUT2D eigenvalue weighted by molar-refractivity contribution is 7.90. The quantitative estimate of drug-likeness (QED) is 0.621. The monoisotopic (exact) mass is 281 g/mol.